The Kier molecular flexibility index (Phi) is 4.26. The molecule has 1 amide bonds. The van der Waals surface area contributed by atoms with Crippen LogP contribution in [-0.2, 0) is 14.4 Å². The van der Waals surface area contributed by atoms with Gasteiger partial charge in [0.1, 0.15) is 0 Å². The van der Waals surface area contributed by atoms with E-state index in [0.29, 0.717) is 5.56 Å². The van der Waals surface area contributed by atoms with Crippen molar-refractivity contribution in [3.63, 3.8) is 0 Å². The standard InChI is InChI=1S/C15H17NO5/c1-9-2-4-10(5-3-9)12(7-14(18)19)16-8-11(15(20)21)6-13(16)17/h2-5,11-12H,6-8H2,1H3,(H,18,19)(H,20,21). The number of nitrogens with zero attached hydrogens (tertiary/aromatic N) is 1. The summed E-state index contributed by atoms with van der Waals surface area (Å²) in [6, 6.07) is 6.63. The molecule has 2 N–H and O–H groups in total. The van der Waals surface area contributed by atoms with Crippen molar-refractivity contribution < 1.29 is 24.6 Å². The van der Waals surface area contributed by atoms with Crippen LogP contribution < -0.4 is 0 Å². The molecule has 0 aliphatic carbocycles. The van der Waals surface area contributed by atoms with Crippen molar-refractivity contribution in [2.75, 3.05) is 6.54 Å². The van der Waals surface area contributed by atoms with Gasteiger partial charge in [0, 0.05) is 13.0 Å². The van der Waals surface area contributed by atoms with E-state index in [4.69, 9.17) is 10.2 Å². The quantitative estimate of drug-likeness (QED) is 0.856. The maximum absolute atomic E-state index is 12.0. The van der Waals surface area contributed by atoms with Crippen LogP contribution in [0.15, 0.2) is 24.3 Å². The Labute approximate surface area is 122 Å². The fourth-order valence-electron chi connectivity index (χ4n) is 2.56. The van der Waals surface area contributed by atoms with Gasteiger partial charge in [-0.05, 0) is 12.5 Å². The molecular weight excluding hydrogens is 274 g/mol. The second-order valence-corrected chi connectivity index (χ2v) is 5.31. The van der Waals surface area contributed by atoms with Crippen LogP contribution in [0.1, 0.15) is 30.0 Å². The zero-order valence-electron chi connectivity index (χ0n) is 11.7. The number of rotatable bonds is 5. The van der Waals surface area contributed by atoms with Crippen LogP contribution in [0.2, 0.25) is 0 Å². The predicted octanol–water partition coefficient (Wildman–Crippen LogP) is 1.44. The van der Waals surface area contributed by atoms with Gasteiger partial charge in [-0.25, -0.2) is 0 Å². The molecule has 0 radical (unpaired) electrons. The van der Waals surface area contributed by atoms with Gasteiger partial charge in [-0.15, -0.1) is 0 Å². The summed E-state index contributed by atoms with van der Waals surface area (Å²) in [5.74, 6) is -3.12. The fraction of sp³-hybridized carbons (Fsp3) is 0.400. The number of carbonyl (C=O) groups is 3. The number of hydrogen-bond acceptors (Lipinski definition) is 3. The highest BCUT2D eigenvalue weighted by Gasteiger charge is 2.39. The zero-order chi connectivity index (χ0) is 15.6. The van der Waals surface area contributed by atoms with Crippen molar-refractivity contribution in [3.05, 3.63) is 35.4 Å². The van der Waals surface area contributed by atoms with Gasteiger partial charge in [-0.3, -0.25) is 14.4 Å². The lowest BCUT2D eigenvalue weighted by molar-refractivity contribution is -0.141. The minimum Gasteiger partial charge on any atom is -0.481 e. The smallest absolute Gasteiger partial charge is 0.308 e. The molecule has 1 heterocycles. The van der Waals surface area contributed by atoms with E-state index < -0.39 is 23.9 Å². The Hall–Kier alpha value is -2.37. The van der Waals surface area contributed by atoms with E-state index >= 15 is 0 Å². The molecule has 1 aliphatic rings. The van der Waals surface area contributed by atoms with E-state index in [0.717, 1.165) is 5.56 Å². The number of aliphatic carboxylic acids is 2. The molecule has 21 heavy (non-hydrogen) atoms. The third kappa shape index (κ3) is 3.39. The maximum Gasteiger partial charge on any atom is 0.308 e. The molecule has 0 saturated carbocycles. The van der Waals surface area contributed by atoms with Crippen molar-refractivity contribution in [3.8, 4) is 0 Å². The van der Waals surface area contributed by atoms with Gasteiger partial charge >= 0.3 is 11.9 Å². The number of hydrogen-bond donors (Lipinski definition) is 2. The number of carboxylic acids is 2. The van der Waals surface area contributed by atoms with Gasteiger partial charge < -0.3 is 15.1 Å². The molecule has 0 bridgehead atoms. The lowest BCUT2D eigenvalue weighted by Crippen LogP contribution is -2.32. The van der Waals surface area contributed by atoms with Gasteiger partial charge in [0.2, 0.25) is 5.91 Å². The molecule has 112 valence electrons. The van der Waals surface area contributed by atoms with E-state index in [1.807, 2.05) is 19.1 Å². The number of carbonyl (C=O) groups excluding carboxylic acids is 1. The molecule has 1 aromatic carbocycles. The van der Waals surface area contributed by atoms with E-state index in [2.05, 4.69) is 0 Å². The number of carboxylic acid groups (broad SMARTS) is 2. The first-order valence-electron chi connectivity index (χ1n) is 6.69. The van der Waals surface area contributed by atoms with Crippen LogP contribution in [0.3, 0.4) is 0 Å². The monoisotopic (exact) mass is 291 g/mol. The van der Waals surface area contributed by atoms with Crippen LogP contribution in [0.25, 0.3) is 0 Å². The van der Waals surface area contributed by atoms with Crippen LogP contribution in [0, 0.1) is 12.8 Å². The molecule has 1 saturated heterocycles. The molecule has 2 atom stereocenters. The Morgan fingerprint density at radius 3 is 2.38 bits per heavy atom. The summed E-state index contributed by atoms with van der Waals surface area (Å²) in [5, 5.41) is 18.1. The van der Waals surface area contributed by atoms with Crippen LogP contribution in [0.5, 0.6) is 0 Å². The Balaban J connectivity index is 2.28. The van der Waals surface area contributed by atoms with Crippen molar-refractivity contribution in [2.45, 2.75) is 25.8 Å². The number of aryl methyl sites for hydroxylation is 1. The van der Waals surface area contributed by atoms with Gasteiger partial charge in [-0.1, -0.05) is 29.8 Å². The Morgan fingerprint density at radius 2 is 1.90 bits per heavy atom. The molecule has 2 unspecified atom stereocenters. The molecular formula is C15H17NO5. The van der Waals surface area contributed by atoms with Crippen molar-refractivity contribution in [1.29, 1.82) is 0 Å². The first-order valence-corrected chi connectivity index (χ1v) is 6.69. The Bertz CT molecular complexity index is 566. The fourth-order valence-corrected chi connectivity index (χ4v) is 2.56. The van der Waals surface area contributed by atoms with E-state index in [1.165, 1.54) is 4.90 Å². The molecule has 0 spiro atoms. The van der Waals surface area contributed by atoms with E-state index in [1.54, 1.807) is 12.1 Å². The zero-order valence-corrected chi connectivity index (χ0v) is 11.7. The summed E-state index contributed by atoms with van der Waals surface area (Å²) in [5.41, 5.74) is 1.74. The van der Waals surface area contributed by atoms with Crippen molar-refractivity contribution in [1.82, 2.24) is 4.90 Å². The molecule has 1 aliphatic heterocycles. The topological polar surface area (TPSA) is 94.9 Å². The van der Waals surface area contributed by atoms with Gasteiger partial charge in [-0.2, -0.15) is 0 Å². The minimum atomic E-state index is -1.02. The lowest BCUT2D eigenvalue weighted by Gasteiger charge is -2.27. The maximum atomic E-state index is 12.0. The highest BCUT2D eigenvalue weighted by Crippen LogP contribution is 2.31. The largest absolute Gasteiger partial charge is 0.481 e. The number of amides is 1. The summed E-state index contributed by atoms with van der Waals surface area (Å²) in [6.45, 7) is 1.97. The Morgan fingerprint density at radius 1 is 1.29 bits per heavy atom. The third-order valence-electron chi connectivity index (χ3n) is 3.71. The summed E-state index contributed by atoms with van der Waals surface area (Å²) >= 11 is 0. The molecule has 2 rings (SSSR count). The molecule has 6 nitrogen and oxygen atoms in total. The first kappa shape index (κ1) is 15.0. The molecule has 1 aromatic rings. The predicted molar refractivity (Wildman–Crippen MR) is 73.6 cm³/mol. The second kappa shape index (κ2) is 5.95. The van der Waals surface area contributed by atoms with Crippen LogP contribution in [-0.4, -0.2) is 39.5 Å². The third-order valence-corrected chi connectivity index (χ3v) is 3.71. The van der Waals surface area contributed by atoms with Crippen molar-refractivity contribution in [2.24, 2.45) is 5.92 Å². The van der Waals surface area contributed by atoms with E-state index in [9.17, 15) is 14.4 Å². The lowest BCUT2D eigenvalue weighted by atomic mass is 10.0. The average molecular weight is 291 g/mol. The summed E-state index contributed by atoms with van der Waals surface area (Å²) in [4.78, 5) is 35.5. The SMILES string of the molecule is Cc1ccc(C(CC(=O)O)N2CC(C(=O)O)CC2=O)cc1. The summed E-state index contributed by atoms with van der Waals surface area (Å²) in [7, 11) is 0. The van der Waals surface area contributed by atoms with Gasteiger partial charge in [0.05, 0.1) is 18.4 Å². The molecule has 6 heteroatoms. The second-order valence-electron chi connectivity index (χ2n) is 5.31. The van der Waals surface area contributed by atoms with Crippen molar-refractivity contribution >= 4 is 17.8 Å². The van der Waals surface area contributed by atoms with Crippen LogP contribution >= 0.6 is 0 Å². The minimum absolute atomic E-state index is 0.0555. The van der Waals surface area contributed by atoms with E-state index in [-0.39, 0.29) is 25.3 Å². The first-order chi connectivity index (χ1) is 9.88. The summed E-state index contributed by atoms with van der Waals surface area (Å²) in [6.07, 6.45) is -0.307. The average Bonchev–Trinajstić information content (AvgIpc) is 2.79. The normalized spacial score (nSPS) is 19.6. The molecule has 0 aromatic heterocycles. The van der Waals surface area contributed by atoms with Crippen LogP contribution in [0.4, 0.5) is 0 Å². The van der Waals surface area contributed by atoms with Gasteiger partial charge in [0.15, 0.2) is 0 Å². The van der Waals surface area contributed by atoms with Gasteiger partial charge in [0.25, 0.3) is 0 Å². The molecule has 1 fully saturated rings. The highest BCUT2D eigenvalue weighted by molar-refractivity contribution is 5.86. The number of likely N-dealkylation sites (tertiary alicyclic amines) is 1. The highest BCUT2D eigenvalue weighted by atomic mass is 16.4. The summed E-state index contributed by atoms with van der Waals surface area (Å²) < 4.78 is 0. The number of benzene rings is 1.